The van der Waals surface area contributed by atoms with Gasteiger partial charge in [0.25, 0.3) is 0 Å². The predicted octanol–water partition coefficient (Wildman–Crippen LogP) is -0.743. The number of likely N-dealkylation sites (tertiary alicyclic amines) is 1. The normalized spacial score (nSPS) is 27.2. The van der Waals surface area contributed by atoms with E-state index in [-0.39, 0.29) is 49.0 Å². The monoisotopic (exact) mass is 394 g/mol. The maximum absolute atomic E-state index is 12.5. The molecule has 3 saturated heterocycles. The van der Waals surface area contributed by atoms with E-state index < -0.39 is 10.0 Å². The quantitative estimate of drug-likeness (QED) is 0.678. The third kappa shape index (κ3) is 4.84. The average Bonchev–Trinajstić information content (AvgIpc) is 2.91. The highest BCUT2D eigenvalue weighted by molar-refractivity contribution is 7.89. The number of carbonyl (C=O) groups excluding carboxylic acids is 2. The molecule has 0 aromatic carbocycles. The number of carbonyl (C=O) groups is 2. The molecule has 2 amide bonds. The highest BCUT2D eigenvalue weighted by Crippen LogP contribution is 2.19. The van der Waals surface area contributed by atoms with Crippen LogP contribution in [0.2, 0.25) is 0 Å². The second kappa shape index (κ2) is 8.66. The zero-order valence-corrected chi connectivity index (χ0v) is 16.0. The summed E-state index contributed by atoms with van der Waals surface area (Å²) in [7, 11) is -3.15. The molecular formula is C15H27ClN4O4S. The average molecular weight is 395 g/mol. The largest absolute Gasteiger partial charge is 0.341 e. The summed E-state index contributed by atoms with van der Waals surface area (Å²) in [6, 6.07) is 0.0906. The summed E-state index contributed by atoms with van der Waals surface area (Å²) in [6.07, 6.45) is 2.68. The van der Waals surface area contributed by atoms with Crippen molar-refractivity contribution in [2.45, 2.75) is 31.7 Å². The van der Waals surface area contributed by atoms with E-state index in [1.165, 1.54) is 4.31 Å². The number of hydrogen-bond donors (Lipinski definition) is 1. The van der Waals surface area contributed by atoms with Gasteiger partial charge < -0.3 is 15.1 Å². The van der Waals surface area contributed by atoms with Gasteiger partial charge in [0.05, 0.1) is 12.3 Å². The van der Waals surface area contributed by atoms with Crippen LogP contribution in [-0.4, -0.2) is 91.9 Å². The van der Waals surface area contributed by atoms with Gasteiger partial charge in [0.2, 0.25) is 21.8 Å². The summed E-state index contributed by atoms with van der Waals surface area (Å²) in [6.45, 7) is 3.92. The van der Waals surface area contributed by atoms with Gasteiger partial charge in [-0.3, -0.25) is 9.59 Å². The minimum absolute atomic E-state index is 0. The lowest BCUT2D eigenvalue weighted by Crippen LogP contribution is -2.57. The van der Waals surface area contributed by atoms with Crippen LogP contribution in [0.5, 0.6) is 0 Å². The Balaban J connectivity index is 0.00000225. The SMILES string of the molecule is Cl.O=C(CCN1CCCS1(=O)=O)N1CCCC(N2CCNCC2=O)C1. The van der Waals surface area contributed by atoms with Crippen LogP contribution < -0.4 is 5.32 Å². The molecule has 10 heteroatoms. The van der Waals surface area contributed by atoms with Crippen molar-refractivity contribution in [2.75, 3.05) is 51.6 Å². The number of rotatable bonds is 4. The van der Waals surface area contributed by atoms with Crippen molar-refractivity contribution in [2.24, 2.45) is 0 Å². The number of sulfonamides is 1. The number of nitrogens with one attached hydrogen (secondary N) is 1. The zero-order chi connectivity index (χ0) is 17.2. The molecule has 144 valence electrons. The molecule has 0 aliphatic carbocycles. The predicted molar refractivity (Wildman–Crippen MR) is 96.0 cm³/mol. The van der Waals surface area contributed by atoms with Gasteiger partial charge in [0, 0.05) is 51.7 Å². The van der Waals surface area contributed by atoms with Crippen LogP contribution in [0.15, 0.2) is 0 Å². The summed E-state index contributed by atoms with van der Waals surface area (Å²) in [5, 5.41) is 3.06. The number of halogens is 1. The molecule has 1 atom stereocenters. The Hall–Kier alpha value is -0.900. The van der Waals surface area contributed by atoms with Gasteiger partial charge in [-0.15, -0.1) is 12.4 Å². The molecule has 0 radical (unpaired) electrons. The molecule has 3 fully saturated rings. The van der Waals surface area contributed by atoms with Crippen LogP contribution in [0.4, 0.5) is 0 Å². The van der Waals surface area contributed by atoms with E-state index in [2.05, 4.69) is 5.32 Å². The number of amides is 2. The number of piperazine rings is 1. The molecule has 3 aliphatic heterocycles. The van der Waals surface area contributed by atoms with Crippen molar-refractivity contribution < 1.29 is 18.0 Å². The Morgan fingerprint density at radius 2 is 2.00 bits per heavy atom. The first kappa shape index (κ1) is 20.4. The van der Waals surface area contributed by atoms with Gasteiger partial charge in [0.15, 0.2) is 0 Å². The fourth-order valence-electron chi connectivity index (χ4n) is 3.76. The van der Waals surface area contributed by atoms with Crippen molar-refractivity contribution >= 4 is 34.2 Å². The van der Waals surface area contributed by atoms with Crippen molar-refractivity contribution in [3.05, 3.63) is 0 Å². The Kier molecular flexibility index (Phi) is 7.07. The lowest BCUT2D eigenvalue weighted by molar-refractivity contribution is -0.140. The topological polar surface area (TPSA) is 90.0 Å². The Bertz CT molecular complexity index is 600. The first-order valence-corrected chi connectivity index (χ1v) is 10.3. The van der Waals surface area contributed by atoms with Crippen LogP contribution in [0, 0.1) is 0 Å². The van der Waals surface area contributed by atoms with Gasteiger partial charge in [0.1, 0.15) is 0 Å². The number of hydrogen-bond acceptors (Lipinski definition) is 5. The summed E-state index contributed by atoms with van der Waals surface area (Å²) in [5.41, 5.74) is 0. The van der Waals surface area contributed by atoms with E-state index in [0.29, 0.717) is 39.1 Å². The first-order valence-electron chi connectivity index (χ1n) is 8.73. The van der Waals surface area contributed by atoms with E-state index in [1.807, 2.05) is 4.90 Å². The Morgan fingerprint density at radius 3 is 2.68 bits per heavy atom. The fraction of sp³-hybridized carbons (Fsp3) is 0.867. The molecule has 3 heterocycles. The highest BCUT2D eigenvalue weighted by Gasteiger charge is 2.33. The molecular weight excluding hydrogens is 368 g/mol. The molecule has 8 nitrogen and oxygen atoms in total. The third-order valence-corrected chi connectivity index (χ3v) is 7.05. The van der Waals surface area contributed by atoms with Gasteiger partial charge in [-0.1, -0.05) is 0 Å². The lowest BCUT2D eigenvalue weighted by Gasteiger charge is -2.41. The maximum Gasteiger partial charge on any atom is 0.236 e. The molecule has 25 heavy (non-hydrogen) atoms. The highest BCUT2D eigenvalue weighted by atomic mass is 35.5. The summed E-state index contributed by atoms with van der Waals surface area (Å²) < 4.78 is 25.0. The molecule has 1 unspecified atom stereocenters. The van der Waals surface area contributed by atoms with Crippen molar-refractivity contribution in [1.82, 2.24) is 19.4 Å². The molecule has 1 N–H and O–H groups in total. The Morgan fingerprint density at radius 1 is 1.20 bits per heavy atom. The molecule has 0 aromatic rings. The fourth-order valence-corrected chi connectivity index (χ4v) is 5.29. The first-order chi connectivity index (χ1) is 11.5. The van der Waals surface area contributed by atoms with E-state index in [0.717, 1.165) is 19.4 Å². The van der Waals surface area contributed by atoms with E-state index in [1.54, 1.807) is 4.90 Å². The van der Waals surface area contributed by atoms with Gasteiger partial charge in [-0.2, -0.15) is 0 Å². The third-order valence-electron chi connectivity index (χ3n) is 5.09. The van der Waals surface area contributed by atoms with Crippen molar-refractivity contribution in [3.63, 3.8) is 0 Å². The van der Waals surface area contributed by atoms with Gasteiger partial charge >= 0.3 is 0 Å². The lowest BCUT2D eigenvalue weighted by atomic mass is 10.0. The molecule has 0 saturated carbocycles. The number of piperidine rings is 1. The van der Waals surface area contributed by atoms with Crippen LogP contribution in [0.25, 0.3) is 0 Å². The standard InChI is InChI=1S/C15H26N4O4S.ClH/c20-14(4-8-18-7-2-10-24(18,22)23)17-6-1-3-13(12-17)19-9-5-16-11-15(19)21;/h13,16H,1-12H2;1H. The smallest absolute Gasteiger partial charge is 0.236 e. The zero-order valence-electron chi connectivity index (χ0n) is 14.4. The second-order valence-electron chi connectivity index (χ2n) is 6.72. The van der Waals surface area contributed by atoms with Crippen LogP contribution in [0.1, 0.15) is 25.7 Å². The molecule has 0 spiro atoms. The van der Waals surface area contributed by atoms with Crippen molar-refractivity contribution in [1.29, 1.82) is 0 Å². The summed E-state index contributed by atoms with van der Waals surface area (Å²) in [5.74, 6) is 0.283. The minimum atomic E-state index is -3.15. The van der Waals surface area contributed by atoms with Crippen molar-refractivity contribution in [3.8, 4) is 0 Å². The van der Waals surface area contributed by atoms with Gasteiger partial charge in [-0.05, 0) is 19.3 Å². The Labute approximate surface area is 155 Å². The van der Waals surface area contributed by atoms with E-state index in [4.69, 9.17) is 0 Å². The summed E-state index contributed by atoms with van der Waals surface area (Å²) in [4.78, 5) is 28.2. The minimum Gasteiger partial charge on any atom is -0.341 e. The molecule has 3 rings (SSSR count). The van der Waals surface area contributed by atoms with E-state index >= 15 is 0 Å². The molecule has 0 aromatic heterocycles. The van der Waals surface area contributed by atoms with Crippen LogP contribution >= 0.6 is 12.4 Å². The molecule has 3 aliphatic rings. The summed E-state index contributed by atoms with van der Waals surface area (Å²) >= 11 is 0. The maximum atomic E-state index is 12.5. The van der Waals surface area contributed by atoms with Crippen LogP contribution in [-0.2, 0) is 19.6 Å². The van der Waals surface area contributed by atoms with Gasteiger partial charge in [-0.25, -0.2) is 12.7 Å². The molecule has 0 bridgehead atoms. The van der Waals surface area contributed by atoms with E-state index in [9.17, 15) is 18.0 Å². The second-order valence-corrected chi connectivity index (χ2v) is 8.81. The van der Waals surface area contributed by atoms with Crippen LogP contribution in [0.3, 0.4) is 0 Å². The number of nitrogens with zero attached hydrogens (tertiary/aromatic N) is 3.